The highest BCUT2D eigenvalue weighted by molar-refractivity contribution is 6.02. The molecule has 0 aliphatic heterocycles. The third-order valence-corrected chi connectivity index (χ3v) is 4.23. The van der Waals surface area contributed by atoms with Crippen LogP contribution in [0.15, 0.2) is 78.9 Å². The largest absolute Gasteiger partial charge is 0.493 e. The van der Waals surface area contributed by atoms with Crippen LogP contribution in [0.25, 0.3) is 6.08 Å². The standard InChI is InChI=1S/C24H21NO5/c1-29-22-14-17(10-12-21(22)30-16-18-6-3-2-4-7-18)11-13-23(26)25-20-9-5-8-19(15-20)24(27)28/h2-15H,16H2,1H3,(H,25,26)(H,27,28)/b13-11+. The van der Waals surface area contributed by atoms with Crippen molar-refractivity contribution in [3.05, 3.63) is 95.6 Å². The molecule has 0 aromatic heterocycles. The average molecular weight is 403 g/mol. The molecule has 2 N–H and O–H groups in total. The molecule has 152 valence electrons. The minimum absolute atomic E-state index is 0.104. The predicted molar refractivity (Wildman–Crippen MR) is 115 cm³/mol. The van der Waals surface area contributed by atoms with Gasteiger partial charge in [-0.3, -0.25) is 4.79 Å². The van der Waals surface area contributed by atoms with Crippen molar-refractivity contribution in [1.29, 1.82) is 0 Å². The lowest BCUT2D eigenvalue weighted by molar-refractivity contribution is -0.111. The summed E-state index contributed by atoms with van der Waals surface area (Å²) in [5.41, 5.74) is 2.32. The number of carboxylic acids is 1. The lowest BCUT2D eigenvalue weighted by atomic mass is 10.1. The van der Waals surface area contributed by atoms with E-state index >= 15 is 0 Å². The summed E-state index contributed by atoms with van der Waals surface area (Å²) < 4.78 is 11.2. The van der Waals surface area contributed by atoms with E-state index < -0.39 is 5.97 Å². The highest BCUT2D eigenvalue weighted by atomic mass is 16.5. The van der Waals surface area contributed by atoms with Crippen LogP contribution in [0.4, 0.5) is 5.69 Å². The third kappa shape index (κ3) is 5.72. The molecule has 6 heteroatoms. The average Bonchev–Trinajstić information content (AvgIpc) is 2.77. The van der Waals surface area contributed by atoms with Gasteiger partial charge in [-0.1, -0.05) is 42.5 Å². The molecule has 0 aliphatic carbocycles. The van der Waals surface area contributed by atoms with E-state index in [9.17, 15) is 9.59 Å². The summed E-state index contributed by atoms with van der Waals surface area (Å²) in [4.78, 5) is 23.2. The normalized spacial score (nSPS) is 10.6. The molecule has 6 nitrogen and oxygen atoms in total. The predicted octanol–water partition coefficient (Wildman–Crippen LogP) is 4.62. The molecular weight excluding hydrogens is 382 g/mol. The van der Waals surface area contributed by atoms with Crippen molar-refractivity contribution >= 4 is 23.6 Å². The van der Waals surface area contributed by atoms with Crippen LogP contribution in [0.5, 0.6) is 11.5 Å². The van der Waals surface area contributed by atoms with Crippen molar-refractivity contribution in [2.24, 2.45) is 0 Å². The Bertz CT molecular complexity index is 1060. The van der Waals surface area contributed by atoms with Gasteiger partial charge >= 0.3 is 5.97 Å². The first-order valence-corrected chi connectivity index (χ1v) is 9.22. The molecule has 0 heterocycles. The van der Waals surface area contributed by atoms with Crippen LogP contribution in [0.2, 0.25) is 0 Å². The van der Waals surface area contributed by atoms with Crippen LogP contribution >= 0.6 is 0 Å². The maximum absolute atomic E-state index is 12.1. The van der Waals surface area contributed by atoms with E-state index in [-0.39, 0.29) is 11.5 Å². The van der Waals surface area contributed by atoms with E-state index in [4.69, 9.17) is 14.6 Å². The molecule has 0 bridgehead atoms. The molecule has 3 rings (SSSR count). The SMILES string of the molecule is COc1cc(/C=C/C(=O)Nc2cccc(C(=O)O)c2)ccc1OCc1ccccc1. The number of rotatable bonds is 8. The van der Waals surface area contributed by atoms with Crippen LogP contribution in [-0.2, 0) is 11.4 Å². The van der Waals surface area contributed by atoms with Crippen molar-refractivity contribution in [2.45, 2.75) is 6.61 Å². The molecule has 30 heavy (non-hydrogen) atoms. The zero-order chi connectivity index (χ0) is 21.3. The van der Waals surface area contributed by atoms with Crippen LogP contribution in [0, 0.1) is 0 Å². The number of methoxy groups -OCH3 is 1. The maximum atomic E-state index is 12.1. The van der Waals surface area contributed by atoms with Crippen molar-refractivity contribution in [3.63, 3.8) is 0 Å². The second-order valence-electron chi connectivity index (χ2n) is 6.39. The van der Waals surface area contributed by atoms with Gasteiger partial charge in [-0.2, -0.15) is 0 Å². The molecule has 0 fully saturated rings. The summed E-state index contributed by atoms with van der Waals surface area (Å²) in [5, 5.41) is 11.7. The van der Waals surface area contributed by atoms with E-state index in [1.165, 1.54) is 18.2 Å². The number of carboxylic acid groups (broad SMARTS) is 1. The second kappa shape index (κ2) is 9.93. The van der Waals surface area contributed by atoms with Gasteiger partial charge < -0.3 is 19.9 Å². The lowest BCUT2D eigenvalue weighted by Gasteiger charge is -2.11. The first kappa shape index (κ1) is 20.7. The molecule has 0 saturated heterocycles. The Labute approximate surface area is 174 Å². The minimum atomic E-state index is -1.05. The topological polar surface area (TPSA) is 84.9 Å². The number of amides is 1. The van der Waals surface area contributed by atoms with Crippen molar-refractivity contribution in [1.82, 2.24) is 0 Å². The quantitative estimate of drug-likeness (QED) is 0.536. The smallest absolute Gasteiger partial charge is 0.335 e. The molecule has 0 aliphatic rings. The monoisotopic (exact) mass is 403 g/mol. The van der Waals surface area contributed by atoms with E-state index in [2.05, 4.69) is 5.32 Å². The van der Waals surface area contributed by atoms with Gasteiger partial charge in [0.25, 0.3) is 0 Å². The van der Waals surface area contributed by atoms with Gasteiger partial charge in [-0.25, -0.2) is 4.79 Å². The molecule has 3 aromatic rings. The molecule has 0 radical (unpaired) electrons. The maximum Gasteiger partial charge on any atom is 0.335 e. The Morgan fingerprint density at radius 1 is 0.967 bits per heavy atom. The zero-order valence-corrected chi connectivity index (χ0v) is 16.4. The summed E-state index contributed by atoms with van der Waals surface area (Å²) in [6.45, 7) is 0.421. The molecule has 0 atom stereocenters. The highest BCUT2D eigenvalue weighted by Crippen LogP contribution is 2.29. The van der Waals surface area contributed by atoms with Gasteiger partial charge in [0, 0.05) is 11.8 Å². The number of hydrogen-bond acceptors (Lipinski definition) is 4. The summed E-state index contributed by atoms with van der Waals surface area (Å²) in [6.07, 6.45) is 3.01. The first-order chi connectivity index (χ1) is 14.5. The number of aromatic carboxylic acids is 1. The fraction of sp³-hybridized carbons (Fsp3) is 0.0833. The van der Waals surface area contributed by atoms with Crippen LogP contribution in [0.3, 0.4) is 0 Å². The fourth-order valence-electron chi connectivity index (χ4n) is 2.73. The fourth-order valence-corrected chi connectivity index (χ4v) is 2.73. The first-order valence-electron chi connectivity index (χ1n) is 9.22. The second-order valence-corrected chi connectivity index (χ2v) is 6.39. The molecule has 1 amide bonds. The number of carbonyl (C=O) groups is 2. The molecule has 3 aromatic carbocycles. The number of carbonyl (C=O) groups excluding carboxylic acids is 1. The van der Waals surface area contributed by atoms with Gasteiger partial charge in [0.1, 0.15) is 6.61 Å². The minimum Gasteiger partial charge on any atom is -0.493 e. The zero-order valence-electron chi connectivity index (χ0n) is 16.4. The van der Waals surface area contributed by atoms with E-state index in [1.54, 1.807) is 37.5 Å². The van der Waals surface area contributed by atoms with Gasteiger partial charge in [0.15, 0.2) is 11.5 Å². The summed E-state index contributed by atoms with van der Waals surface area (Å²) in [6, 6.07) is 21.2. The van der Waals surface area contributed by atoms with E-state index in [0.717, 1.165) is 11.1 Å². The van der Waals surface area contributed by atoms with Crippen LogP contribution < -0.4 is 14.8 Å². The molecule has 0 saturated carbocycles. The Kier molecular flexibility index (Phi) is 6.84. The van der Waals surface area contributed by atoms with Crippen molar-refractivity contribution < 1.29 is 24.2 Å². The van der Waals surface area contributed by atoms with Gasteiger partial charge in [0.2, 0.25) is 5.91 Å². The van der Waals surface area contributed by atoms with Crippen LogP contribution in [-0.4, -0.2) is 24.1 Å². The Hall–Kier alpha value is -4.06. The number of nitrogens with one attached hydrogen (secondary N) is 1. The molecule has 0 unspecified atom stereocenters. The lowest BCUT2D eigenvalue weighted by Crippen LogP contribution is -2.08. The van der Waals surface area contributed by atoms with E-state index in [0.29, 0.717) is 23.8 Å². The van der Waals surface area contributed by atoms with Gasteiger partial charge in [-0.05, 0) is 47.5 Å². The van der Waals surface area contributed by atoms with Crippen molar-refractivity contribution in [3.8, 4) is 11.5 Å². The Morgan fingerprint density at radius 2 is 1.77 bits per heavy atom. The summed E-state index contributed by atoms with van der Waals surface area (Å²) >= 11 is 0. The number of ether oxygens (including phenoxy) is 2. The number of anilines is 1. The van der Waals surface area contributed by atoms with E-state index in [1.807, 2.05) is 36.4 Å². The molecular formula is C24H21NO5. The third-order valence-electron chi connectivity index (χ3n) is 4.23. The van der Waals surface area contributed by atoms with Gasteiger partial charge in [0.05, 0.1) is 12.7 Å². The highest BCUT2D eigenvalue weighted by Gasteiger charge is 2.07. The van der Waals surface area contributed by atoms with Gasteiger partial charge in [-0.15, -0.1) is 0 Å². The number of benzene rings is 3. The molecule has 0 spiro atoms. The summed E-state index contributed by atoms with van der Waals surface area (Å²) in [5.74, 6) is -0.264. The Morgan fingerprint density at radius 3 is 2.50 bits per heavy atom. The van der Waals surface area contributed by atoms with Crippen molar-refractivity contribution in [2.75, 3.05) is 12.4 Å². The van der Waals surface area contributed by atoms with Crippen LogP contribution in [0.1, 0.15) is 21.5 Å². The Balaban J connectivity index is 1.64. The number of hydrogen-bond donors (Lipinski definition) is 2. The summed E-state index contributed by atoms with van der Waals surface area (Å²) in [7, 11) is 1.56.